The molecule has 0 spiro atoms. The van der Waals surface area contributed by atoms with Gasteiger partial charge in [0.1, 0.15) is 18.0 Å². The normalized spacial score (nSPS) is 15.9. The summed E-state index contributed by atoms with van der Waals surface area (Å²) < 4.78 is 1.14. The molecular formula is C14H17N9S. The Labute approximate surface area is 142 Å². The van der Waals surface area contributed by atoms with E-state index in [2.05, 4.69) is 40.1 Å². The van der Waals surface area contributed by atoms with Crippen molar-refractivity contribution in [1.29, 1.82) is 0 Å². The summed E-state index contributed by atoms with van der Waals surface area (Å²) >= 11 is 1.68. The zero-order valence-electron chi connectivity index (χ0n) is 13.0. The molecule has 4 N–H and O–H groups in total. The van der Waals surface area contributed by atoms with E-state index in [1.54, 1.807) is 17.7 Å². The van der Waals surface area contributed by atoms with Gasteiger partial charge >= 0.3 is 0 Å². The lowest BCUT2D eigenvalue weighted by atomic mass is 10.3. The summed E-state index contributed by atoms with van der Waals surface area (Å²) in [5, 5.41) is 2.05. The van der Waals surface area contributed by atoms with E-state index in [0.29, 0.717) is 12.4 Å². The molecule has 124 valence electrons. The molecule has 1 aliphatic heterocycles. The van der Waals surface area contributed by atoms with Crippen LogP contribution in [0.1, 0.15) is 5.82 Å². The molecule has 3 aromatic heterocycles. The van der Waals surface area contributed by atoms with Gasteiger partial charge < -0.3 is 16.4 Å². The Morgan fingerprint density at radius 3 is 2.50 bits per heavy atom. The Morgan fingerprint density at radius 1 is 1.00 bits per heavy atom. The van der Waals surface area contributed by atoms with Crippen LogP contribution in [-0.4, -0.2) is 56.0 Å². The maximum Gasteiger partial charge on any atom is 0.225 e. The van der Waals surface area contributed by atoms with Crippen molar-refractivity contribution in [3.8, 4) is 0 Å². The van der Waals surface area contributed by atoms with E-state index in [1.807, 2.05) is 6.07 Å². The molecule has 0 saturated carbocycles. The third-order valence-corrected chi connectivity index (χ3v) is 4.88. The Morgan fingerprint density at radius 2 is 1.75 bits per heavy atom. The van der Waals surface area contributed by atoms with Crippen molar-refractivity contribution in [1.82, 2.24) is 29.8 Å². The Balaban J connectivity index is 1.44. The Kier molecular flexibility index (Phi) is 3.82. The van der Waals surface area contributed by atoms with Crippen molar-refractivity contribution >= 4 is 39.3 Å². The van der Waals surface area contributed by atoms with Gasteiger partial charge in [-0.15, -0.1) is 11.3 Å². The molecule has 1 aliphatic rings. The average Bonchev–Trinajstić information content (AvgIpc) is 3.03. The molecule has 24 heavy (non-hydrogen) atoms. The fourth-order valence-electron chi connectivity index (χ4n) is 2.85. The first kappa shape index (κ1) is 15.0. The minimum atomic E-state index is 0.164. The van der Waals surface area contributed by atoms with Crippen LogP contribution >= 0.6 is 11.3 Å². The van der Waals surface area contributed by atoms with Gasteiger partial charge in [-0.2, -0.15) is 15.0 Å². The van der Waals surface area contributed by atoms with E-state index >= 15 is 0 Å². The van der Waals surface area contributed by atoms with E-state index in [-0.39, 0.29) is 11.9 Å². The summed E-state index contributed by atoms with van der Waals surface area (Å²) in [6, 6.07) is 2.02. The molecular weight excluding hydrogens is 326 g/mol. The summed E-state index contributed by atoms with van der Waals surface area (Å²) in [5.74, 6) is 1.95. The van der Waals surface area contributed by atoms with Gasteiger partial charge in [0, 0.05) is 26.2 Å². The van der Waals surface area contributed by atoms with Crippen molar-refractivity contribution in [2.45, 2.75) is 6.54 Å². The summed E-state index contributed by atoms with van der Waals surface area (Å²) in [7, 11) is 0. The fraction of sp³-hybridized carbons (Fsp3) is 0.357. The van der Waals surface area contributed by atoms with Crippen LogP contribution < -0.4 is 16.4 Å². The maximum atomic E-state index is 5.62. The standard InChI is InChI=1S/C14H17N9S/c15-13-19-10(20-14(16)21-13)7-22-2-4-23(5-3-22)12-11-9(1-6-24-11)17-8-18-12/h1,6,8H,2-5,7H2,(H4,15,16,19,20,21). The minimum Gasteiger partial charge on any atom is -0.368 e. The number of fused-ring (bicyclic) bond motifs is 1. The van der Waals surface area contributed by atoms with Crippen LogP contribution in [0.2, 0.25) is 0 Å². The van der Waals surface area contributed by atoms with Gasteiger partial charge in [0.15, 0.2) is 0 Å². The molecule has 9 nitrogen and oxygen atoms in total. The molecule has 10 heteroatoms. The number of anilines is 3. The highest BCUT2D eigenvalue weighted by molar-refractivity contribution is 7.17. The third kappa shape index (κ3) is 2.93. The van der Waals surface area contributed by atoms with E-state index in [1.165, 1.54) is 0 Å². The van der Waals surface area contributed by atoms with Crippen LogP contribution in [0.25, 0.3) is 10.2 Å². The summed E-state index contributed by atoms with van der Waals surface area (Å²) in [6.45, 7) is 4.17. The van der Waals surface area contributed by atoms with Gasteiger partial charge in [-0.05, 0) is 11.4 Å². The lowest BCUT2D eigenvalue weighted by molar-refractivity contribution is 0.243. The predicted octanol–water partition coefficient (Wildman–Crippen LogP) is 0.363. The SMILES string of the molecule is Nc1nc(N)nc(CN2CCN(c3ncnc4ccsc34)CC2)n1. The molecule has 1 saturated heterocycles. The molecule has 0 unspecified atom stereocenters. The number of rotatable bonds is 3. The van der Waals surface area contributed by atoms with Crippen molar-refractivity contribution < 1.29 is 0 Å². The molecule has 0 atom stereocenters. The first-order valence-electron chi connectivity index (χ1n) is 7.60. The van der Waals surface area contributed by atoms with Gasteiger partial charge in [0.2, 0.25) is 11.9 Å². The molecule has 4 heterocycles. The number of hydrogen-bond acceptors (Lipinski definition) is 10. The van der Waals surface area contributed by atoms with Crippen molar-refractivity contribution in [2.24, 2.45) is 0 Å². The van der Waals surface area contributed by atoms with Crippen LogP contribution in [0.3, 0.4) is 0 Å². The average molecular weight is 343 g/mol. The second-order valence-corrected chi connectivity index (χ2v) is 6.48. The minimum absolute atomic E-state index is 0.164. The Hall–Kier alpha value is -2.59. The molecule has 1 fully saturated rings. The van der Waals surface area contributed by atoms with Crippen LogP contribution in [0.4, 0.5) is 17.7 Å². The first-order chi connectivity index (χ1) is 11.7. The van der Waals surface area contributed by atoms with Gasteiger partial charge in [-0.25, -0.2) is 9.97 Å². The van der Waals surface area contributed by atoms with E-state index < -0.39 is 0 Å². The zero-order chi connectivity index (χ0) is 16.5. The van der Waals surface area contributed by atoms with Crippen molar-refractivity contribution in [3.63, 3.8) is 0 Å². The smallest absolute Gasteiger partial charge is 0.225 e. The lowest BCUT2D eigenvalue weighted by Gasteiger charge is -2.35. The molecule has 4 rings (SSSR count). The lowest BCUT2D eigenvalue weighted by Crippen LogP contribution is -2.46. The van der Waals surface area contributed by atoms with E-state index in [4.69, 9.17) is 11.5 Å². The van der Waals surface area contributed by atoms with E-state index in [9.17, 15) is 0 Å². The Bertz CT molecular complexity index is 836. The molecule has 0 aromatic carbocycles. The monoisotopic (exact) mass is 343 g/mol. The highest BCUT2D eigenvalue weighted by Gasteiger charge is 2.21. The number of nitrogens with zero attached hydrogens (tertiary/aromatic N) is 7. The second-order valence-electron chi connectivity index (χ2n) is 5.56. The fourth-order valence-corrected chi connectivity index (χ4v) is 3.71. The van der Waals surface area contributed by atoms with Crippen LogP contribution in [0, 0.1) is 0 Å². The molecule has 0 amide bonds. The van der Waals surface area contributed by atoms with Crippen LogP contribution in [0.15, 0.2) is 17.8 Å². The van der Waals surface area contributed by atoms with Crippen LogP contribution in [-0.2, 0) is 6.54 Å². The van der Waals surface area contributed by atoms with E-state index in [0.717, 1.165) is 42.2 Å². The summed E-state index contributed by atoms with van der Waals surface area (Å²) in [5.41, 5.74) is 12.2. The third-order valence-electron chi connectivity index (χ3n) is 3.98. The highest BCUT2D eigenvalue weighted by atomic mass is 32.1. The quantitative estimate of drug-likeness (QED) is 0.694. The van der Waals surface area contributed by atoms with Gasteiger partial charge in [-0.1, -0.05) is 0 Å². The van der Waals surface area contributed by atoms with Crippen LogP contribution in [0.5, 0.6) is 0 Å². The predicted molar refractivity (Wildman–Crippen MR) is 93.6 cm³/mol. The summed E-state index contributed by atoms with van der Waals surface area (Å²) in [6.07, 6.45) is 1.63. The maximum absolute atomic E-state index is 5.62. The number of aromatic nitrogens is 5. The largest absolute Gasteiger partial charge is 0.368 e. The first-order valence-corrected chi connectivity index (χ1v) is 8.48. The highest BCUT2D eigenvalue weighted by Crippen LogP contribution is 2.28. The summed E-state index contributed by atoms with van der Waals surface area (Å²) in [4.78, 5) is 25.4. The number of thiophene rings is 1. The topological polar surface area (TPSA) is 123 Å². The van der Waals surface area contributed by atoms with Gasteiger partial charge in [0.05, 0.1) is 16.8 Å². The number of hydrogen-bond donors (Lipinski definition) is 2. The number of nitrogen functional groups attached to an aromatic ring is 2. The zero-order valence-corrected chi connectivity index (χ0v) is 13.8. The molecule has 0 bridgehead atoms. The molecule has 0 radical (unpaired) electrons. The number of piperazine rings is 1. The number of nitrogens with two attached hydrogens (primary N) is 2. The second kappa shape index (κ2) is 6.13. The van der Waals surface area contributed by atoms with Crippen molar-refractivity contribution in [2.75, 3.05) is 42.5 Å². The van der Waals surface area contributed by atoms with Gasteiger partial charge in [0.25, 0.3) is 0 Å². The molecule has 0 aliphatic carbocycles. The van der Waals surface area contributed by atoms with Crippen molar-refractivity contribution in [3.05, 3.63) is 23.6 Å². The molecule has 3 aromatic rings. The van der Waals surface area contributed by atoms with Gasteiger partial charge in [-0.3, -0.25) is 4.90 Å².